The molecule has 3 aromatic rings. The SMILES string of the molecule is Cc1nnc2ccc(N3CCC(c4ccccc4)C3)nn12. The molecule has 4 rings (SSSR count). The Morgan fingerprint density at radius 3 is 2.76 bits per heavy atom. The minimum Gasteiger partial charge on any atom is -0.355 e. The van der Waals surface area contributed by atoms with E-state index in [0.29, 0.717) is 5.92 Å². The van der Waals surface area contributed by atoms with Crippen molar-refractivity contribution in [2.24, 2.45) is 0 Å². The molecule has 0 amide bonds. The maximum atomic E-state index is 4.66. The van der Waals surface area contributed by atoms with Crippen LogP contribution in [0.5, 0.6) is 0 Å². The average molecular weight is 279 g/mol. The summed E-state index contributed by atoms with van der Waals surface area (Å²) in [5.41, 5.74) is 2.22. The van der Waals surface area contributed by atoms with Gasteiger partial charge in [-0.1, -0.05) is 30.3 Å². The van der Waals surface area contributed by atoms with Crippen LogP contribution < -0.4 is 4.90 Å². The Labute approximate surface area is 123 Å². The van der Waals surface area contributed by atoms with Crippen molar-refractivity contribution in [1.29, 1.82) is 0 Å². The van der Waals surface area contributed by atoms with Crippen molar-refractivity contribution >= 4 is 11.5 Å². The normalized spacial score (nSPS) is 18.5. The summed E-state index contributed by atoms with van der Waals surface area (Å²) < 4.78 is 1.81. The van der Waals surface area contributed by atoms with Crippen LogP contribution in [0.15, 0.2) is 42.5 Å². The van der Waals surface area contributed by atoms with Crippen LogP contribution in [-0.2, 0) is 0 Å². The number of benzene rings is 1. The molecule has 1 fully saturated rings. The third-order valence-corrected chi connectivity index (χ3v) is 4.19. The monoisotopic (exact) mass is 279 g/mol. The van der Waals surface area contributed by atoms with Gasteiger partial charge in [0.15, 0.2) is 11.5 Å². The molecule has 0 radical (unpaired) electrons. The van der Waals surface area contributed by atoms with Crippen LogP contribution in [0.1, 0.15) is 23.7 Å². The van der Waals surface area contributed by atoms with Gasteiger partial charge in [0.05, 0.1) is 0 Å². The van der Waals surface area contributed by atoms with Crippen molar-refractivity contribution in [2.45, 2.75) is 19.3 Å². The topological polar surface area (TPSA) is 46.3 Å². The Bertz CT molecular complexity index is 765. The predicted molar refractivity (Wildman–Crippen MR) is 81.5 cm³/mol. The van der Waals surface area contributed by atoms with Crippen LogP contribution in [0.25, 0.3) is 5.65 Å². The summed E-state index contributed by atoms with van der Waals surface area (Å²) in [5.74, 6) is 2.42. The number of nitrogens with zero attached hydrogens (tertiary/aromatic N) is 5. The van der Waals surface area contributed by atoms with E-state index in [0.717, 1.165) is 30.4 Å². The second kappa shape index (κ2) is 4.84. The first-order valence-corrected chi connectivity index (χ1v) is 7.30. The molecule has 2 aromatic heterocycles. The minimum atomic E-state index is 0.589. The Hall–Kier alpha value is -2.43. The molecule has 1 saturated heterocycles. The molecule has 0 N–H and O–H groups in total. The van der Waals surface area contributed by atoms with Crippen molar-refractivity contribution in [1.82, 2.24) is 19.8 Å². The number of hydrogen-bond acceptors (Lipinski definition) is 4. The molecule has 3 heterocycles. The van der Waals surface area contributed by atoms with Gasteiger partial charge in [0.2, 0.25) is 0 Å². The molecule has 0 aliphatic carbocycles. The van der Waals surface area contributed by atoms with Gasteiger partial charge in [-0.3, -0.25) is 0 Å². The Kier molecular flexibility index (Phi) is 2.84. The lowest BCUT2D eigenvalue weighted by Crippen LogP contribution is -2.21. The molecule has 1 aliphatic rings. The van der Waals surface area contributed by atoms with E-state index in [1.54, 1.807) is 0 Å². The molecule has 106 valence electrons. The van der Waals surface area contributed by atoms with Crippen LogP contribution in [0, 0.1) is 6.92 Å². The molecule has 0 saturated carbocycles. The second-order valence-corrected chi connectivity index (χ2v) is 5.55. The lowest BCUT2D eigenvalue weighted by molar-refractivity contribution is 0.771. The van der Waals surface area contributed by atoms with Gasteiger partial charge in [0.1, 0.15) is 5.82 Å². The summed E-state index contributed by atoms with van der Waals surface area (Å²) in [6.07, 6.45) is 1.17. The number of aromatic nitrogens is 4. The number of fused-ring (bicyclic) bond motifs is 1. The summed E-state index contributed by atoms with van der Waals surface area (Å²) in [6, 6.07) is 14.8. The smallest absolute Gasteiger partial charge is 0.178 e. The highest BCUT2D eigenvalue weighted by atomic mass is 15.4. The highest BCUT2D eigenvalue weighted by Gasteiger charge is 2.25. The Morgan fingerprint density at radius 1 is 1.05 bits per heavy atom. The molecule has 1 aliphatic heterocycles. The van der Waals surface area contributed by atoms with Gasteiger partial charge in [0.25, 0.3) is 0 Å². The van der Waals surface area contributed by atoms with E-state index in [-0.39, 0.29) is 0 Å². The van der Waals surface area contributed by atoms with Gasteiger partial charge >= 0.3 is 0 Å². The van der Waals surface area contributed by atoms with Crippen molar-refractivity contribution < 1.29 is 0 Å². The van der Waals surface area contributed by atoms with Crippen molar-refractivity contribution in [3.05, 3.63) is 53.9 Å². The van der Waals surface area contributed by atoms with E-state index in [1.807, 2.05) is 23.6 Å². The molecule has 0 spiro atoms. The summed E-state index contributed by atoms with van der Waals surface area (Å²) >= 11 is 0. The first kappa shape index (κ1) is 12.3. The number of aryl methyl sites for hydroxylation is 1. The Balaban J connectivity index is 1.60. The molecule has 21 heavy (non-hydrogen) atoms. The molecule has 0 bridgehead atoms. The van der Waals surface area contributed by atoms with Crippen LogP contribution >= 0.6 is 0 Å². The molecule has 1 aromatic carbocycles. The number of hydrogen-bond donors (Lipinski definition) is 0. The predicted octanol–water partition coefficient (Wildman–Crippen LogP) is 2.43. The maximum Gasteiger partial charge on any atom is 0.178 e. The summed E-state index contributed by atoms with van der Waals surface area (Å²) in [7, 11) is 0. The fraction of sp³-hybridized carbons (Fsp3) is 0.312. The second-order valence-electron chi connectivity index (χ2n) is 5.55. The fourth-order valence-corrected chi connectivity index (χ4v) is 3.02. The number of rotatable bonds is 2. The van der Waals surface area contributed by atoms with Crippen LogP contribution in [0.3, 0.4) is 0 Å². The standard InChI is InChI=1S/C16H17N5/c1-12-17-18-15-7-8-16(19-21(12)15)20-10-9-14(11-20)13-5-3-2-4-6-13/h2-8,14H,9-11H2,1H3. The molecule has 5 nitrogen and oxygen atoms in total. The summed E-state index contributed by atoms with van der Waals surface area (Å²) in [5, 5.41) is 12.8. The summed E-state index contributed by atoms with van der Waals surface area (Å²) in [4.78, 5) is 2.34. The van der Waals surface area contributed by atoms with Gasteiger partial charge < -0.3 is 4.90 Å². The third-order valence-electron chi connectivity index (χ3n) is 4.19. The van der Waals surface area contributed by atoms with E-state index in [4.69, 9.17) is 0 Å². The lowest BCUT2D eigenvalue weighted by atomic mass is 9.99. The van der Waals surface area contributed by atoms with Crippen LogP contribution in [0.2, 0.25) is 0 Å². The zero-order chi connectivity index (χ0) is 14.2. The lowest BCUT2D eigenvalue weighted by Gasteiger charge is -2.17. The van der Waals surface area contributed by atoms with Crippen LogP contribution in [-0.4, -0.2) is 32.9 Å². The van der Waals surface area contributed by atoms with E-state index in [9.17, 15) is 0 Å². The van der Waals surface area contributed by atoms with Crippen molar-refractivity contribution in [3.63, 3.8) is 0 Å². The third kappa shape index (κ3) is 2.14. The quantitative estimate of drug-likeness (QED) is 0.723. The first-order valence-electron chi connectivity index (χ1n) is 7.30. The molecular formula is C16H17N5. The first-order chi connectivity index (χ1) is 10.3. The molecular weight excluding hydrogens is 262 g/mol. The number of anilines is 1. The van der Waals surface area contributed by atoms with Gasteiger partial charge in [0, 0.05) is 19.0 Å². The summed E-state index contributed by atoms with van der Waals surface area (Å²) in [6.45, 7) is 3.98. The average Bonchev–Trinajstić information content (AvgIpc) is 3.16. The van der Waals surface area contributed by atoms with Gasteiger partial charge in [-0.2, -0.15) is 4.52 Å². The fourth-order valence-electron chi connectivity index (χ4n) is 3.02. The van der Waals surface area contributed by atoms with E-state index in [2.05, 4.69) is 50.5 Å². The van der Waals surface area contributed by atoms with E-state index >= 15 is 0 Å². The van der Waals surface area contributed by atoms with E-state index < -0.39 is 0 Å². The maximum absolute atomic E-state index is 4.66. The van der Waals surface area contributed by atoms with E-state index in [1.165, 1.54) is 12.0 Å². The Morgan fingerprint density at radius 2 is 1.90 bits per heavy atom. The van der Waals surface area contributed by atoms with Gasteiger partial charge in [-0.05, 0) is 31.0 Å². The zero-order valence-electron chi connectivity index (χ0n) is 12.0. The van der Waals surface area contributed by atoms with Gasteiger partial charge in [-0.15, -0.1) is 15.3 Å². The molecule has 1 atom stereocenters. The molecule has 5 heteroatoms. The largest absolute Gasteiger partial charge is 0.355 e. The van der Waals surface area contributed by atoms with Crippen molar-refractivity contribution in [2.75, 3.05) is 18.0 Å². The molecule has 1 unspecified atom stereocenters. The minimum absolute atomic E-state index is 0.589. The highest BCUT2D eigenvalue weighted by molar-refractivity contribution is 5.47. The van der Waals surface area contributed by atoms with Crippen molar-refractivity contribution in [3.8, 4) is 0 Å². The highest BCUT2D eigenvalue weighted by Crippen LogP contribution is 2.29. The van der Waals surface area contributed by atoms with Crippen LogP contribution in [0.4, 0.5) is 5.82 Å². The van der Waals surface area contributed by atoms with Gasteiger partial charge in [-0.25, -0.2) is 0 Å². The zero-order valence-corrected chi connectivity index (χ0v) is 12.0.